The van der Waals surface area contributed by atoms with Gasteiger partial charge in [0.15, 0.2) is 5.11 Å². The average molecular weight is 489 g/mol. The molecule has 0 saturated carbocycles. The fraction of sp³-hybridized carbons (Fsp3) is 0.120. The van der Waals surface area contributed by atoms with E-state index in [1.165, 1.54) is 11.1 Å². The highest BCUT2D eigenvalue weighted by Gasteiger charge is 2.41. The van der Waals surface area contributed by atoms with Crippen LogP contribution in [0.2, 0.25) is 0 Å². The van der Waals surface area contributed by atoms with Gasteiger partial charge in [-0.05, 0) is 78.8 Å². The molecule has 0 spiro atoms. The molecule has 3 heterocycles. The van der Waals surface area contributed by atoms with Gasteiger partial charge in [0.25, 0.3) is 0 Å². The Hall–Kier alpha value is -2.96. The molecule has 0 amide bonds. The summed E-state index contributed by atoms with van der Waals surface area (Å²) in [7, 11) is 0. The van der Waals surface area contributed by atoms with E-state index in [1.807, 2.05) is 24.4 Å². The second-order valence-corrected chi connectivity index (χ2v) is 8.86. The molecule has 4 nitrogen and oxygen atoms in total. The number of nitrogens with zero attached hydrogens (tertiary/aromatic N) is 3. The van der Waals surface area contributed by atoms with E-state index in [1.54, 1.807) is 0 Å². The maximum atomic E-state index is 5.82. The number of thiocarbonyl (C=S) groups is 1. The third-order valence-corrected chi connectivity index (χ3v) is 6.83. The Balaban J connectivity index is 1.61. The summed E-state index contributed by atoms with van der Waals surface area (Å²) >= 11 is 9.43. The van der Waals surface area contributed by atoms with Gasteiger partial charge in [0, 0.05) is 34.4 Å². The number of pyridine rings is 1. The summed E-state index contributed by atoms with van der Waals surface area (Å²) in [5, 5.41) is 4.23. The predicted octanol–water partition coefficient (Wildman–Crippen LogP) is 6.12. The van der Waals surface area contributed by atoms with Crippen molar-refractivity contribution in [2.75, 3.05) is 4.90 Å². The molecule has 4 aromatic rings. The topological polar surface area (TPSA) is 33.1 Å². The lowest BCUT2D eigenvalue weighted by atomic mass is 9.98. The molecule has 0 aliphatic carbocycles. The molecule has 6 heteroatoms. The van der Waals surface area contributed by atoms with Crippen LogP contribution in [0.15, 0.2) is 95.9 Å². The zero-order chi connectivity index (χ0) is 21.4. The van der Waals surface area contributed by atoms with Crippen molar-refractivity contribution in [2.24, 2.45) is 0 Å². The number of nitrogens with one attached hydrogen (secondary N) is 1. The number of aromatic nitrogens is 2. The van der Waals surface area contributed by atoms with E-state index in [2.05, 4.69) is 110 Å². The molecule has 2 aromatic heterocycles. The molecule has 0 unspecified atom stereocenters. The molecular formula is C25H21BrN4S. The van der Waals surface area contributed by atoms with Crippen molar-refractivity contribution in [3.8, 4) is 5.69 Å². The number of anilines is 1. The van der Waals surface area contributed by atoms with Gasteiger partial charge in [0.1, 0.15) is 0 Å². The molecule has 1 saturated heterocycles. The Morgan fingerprint density at radius 2 is 1.77 bits per heavy atom. The summed E-state index contributed by atoms with van der Waals surface area (Å²) in [5.41, 5.74) is 5.50. The molecule has 1 fully saturated rings. The van der Waals surface area contributed by atoms with Crippen LogP contribution in [0.25, 0.3) is 5.69 Å². The van der Waals surface area contributed by atoms with Crippen LogP contribution >= 0.6 is 28.1 Å². The molecule has 1 N–H and O–H groups in total. The zero-order valence-electron chi connectivity index (χ0n) is 16.9. The fourth-order valence-corrected chi connectivity index (χ4v) is 4.69. The number of aryl methyl sites for hydroxylation is 1. The lowest BCUT2D eigenvalue weighted by Gasteiger charge is -2.27. The molecular weight excluding hydrogens is 468 g/mol. The number of benzene rings is 2. The van der Waals surface area contributed by atoms with Gasteiger partial charge in [-0.1, -0.05) is 40.2 Å². The van der Waals surface area contributed by atoms with Crippen molar-refractivity contribution in [3.05, 3.63) is 113 Å². The molecule has 2 aromatic carbocycles. The van der Waals surface area contributed by atoms with Crippen LogP contribution in [0, 0.1) is 6.92 Å². The molecule has 31 heavy (non-hydrogen) atoms. The number of halogens is 1. The summed E-state index contributed by atoms with van der Waals surface area (Å²) < 4.78 is 3.24. The highest BCUT2D eigenvalue weighted by atomic mass is 79.9. The minimum absolute atomic E-state index is 0.0204. The lowest BCUT2D eigenvalue weighted by Crippen LogP contribution is -2.29. The number of para-hydroxylation sites is 1. The first-order chi connectivity index (χ1) is 15.1. The third kappa shape index (κ3) is 3.77. The number of rotatable bonds is 4. The maximum Gasteiger partial charge on any atom is 0.174 e. The molecule has 154 valence electrons. The van der Waals surface area contributed by atoms with Crippen molar-refractivity contribution in [1.29, 1.82) is 0 Å². The molecule has 1 aliphatic rings. The first-order valence-corrected chi connectivity index (χ1v) is 11.3. The van der Waals surface area contributed by atoms with E-state index in [0.717, 1.165) is 21.5 Å². The van der Waals surface area contributed by atoms with Crippen LogP contribution < -0.4 is 10.2 Å². The van der Waals surface area contributed by atoms with Crippen LogP contribution in [0.5, 0.6) is 0 Å². The average Bonchev–Trinajstić information content (AvgIpc) is 3.41. The smallest absolute Gasteiger partial charge is 0.174 e. The van der Waals surface area contributed by atoms with Crippen molar-refractivity contribution in [2.45, 2.75) is 19.0 Å². The minimum Gasteiger partial charge on any atom is -0.351 e. The lowest BCUT2D eigenvalue weighted by molar-refractivity contribution is 0.568. The summed E-state index contributed by atoms with van der Waals surface area (Å²) in [6.07, 6.45) is 6.12. The minimum atomic E-state index is -0.0516. The van der Waals surface area contributed by atoms with Crippen LogP contribution in [0.4, 0.5) is 5.69 Å². The van der Waals surface area contributed by atoms with E-state index in [4.69, 9.17) is 12.2 Å². The van der Waals surface area contributed by atoms with E-state index < -0.39 is 0 Å². The Kier molecular flexibility index (Phi) is 5.34. The molecule has 0 radical (unpaired) electrons. The number of hydrogen-bond acceptors (Lipinski definition) is 2. The number of hydrogen-bond donors (Lipinski definition) is 1. The van der Waals surface area contributed by atoms with E-state index in [-0.39, 0.29) is 12.1 Å². The molecule has 0 bridgehead atoms. The van der Waals surface area contributed by atoms with Crippen molar-refractivity contribution in [3.63, 3.8) is 0 Å². The standard InChI is InChI=1S/C25H21BrN4S/c1-17-15-20(10-11-21(17)26)30-24(23(28-25(30)31)22-9-5-6-13-27-22)18-12-14-29(16-18)19-7-3-2-4-8-19/h2-16,23-24H,1H3,(H,28,31)/t23-,24-/m1/s1. The maximum absolute atomic E-state index is 5.82. The van der Waals surface area contributed by atoms with Gasteiger partial charge in [0.2, 0.25) is 0 Å². The first-order valence-electron chi connectivity index (χ1n) is 10.1. The van der Waals surface area contributed by atoms with Gasteiger partial charge in [-0.2, -0.15) is 0 Å². The van der Waals surface area contributed by atoms with Gasteiger partial charge in [-0.3, -0.25) is 4.98 Å². The summed E-state index contributed by atoms with van der Waals surface area (Å²) in [6.45, 7) is 2.09. The van der Waals surface area contributed by atoms with Gasteiger partial charge in [-0.25, -0.2) is 0 Å². The Bertz CT molecular complexity index is 1220. The van der Waals surface area contributed by atoms with Crippen molar-refractivity contribution >= 4 is 38.9 Å². The van der Waals surface area contributed by atoms with Gasteiger partial charge >= 0.3 is 0 Å². The van der Waals surface area contributed by atoms with E-state index in [0.29, 0.717) is 5.11 Å². The highest BCUT2D eigenvalue weighted by Crippen LogP contribution is 2.42. The SMILES string of the molecule is Cc1cc(N2C(=S)N[C@H](c3ccccn3)[C@H]2c2ccn(-c3ccccc3)c2)ccc1Br. The fourth-order valence-electron chi connectivity index (χ4n) is 4.10. The monoisotopic (exact) mass is 488 g/mol. The largest absolute Gasteiger partial charge is 0.351 e. The van der Waals surface area contributed by atoms with E-state index >= 15 is 0 Å². The Labute approximate surface area is 195 Å². The third-order valence-electron chi connectivity index (χ3n) is 5.63. The predicted molar refractivity (Wildman–Crippen MR) is 133 cm³/mol. The second kappa shape index (κ2) is 8.29. The van der Waals surface area contributed by atoms with Crippen molar-refractivity contribution in [1.82, 2.24) is 14.9 Å². The quantitative estimate of drug-likeness (QED) is 0.350. The van der Waals surface area contributed by atoms with Gasteiger partial charge in [-0.15, -0.1) is 0 Å². The van der Waals surface area contributed by atoms with Crippen LogP contribution in [-0.4, -0.2) is 14.7 Å². The Morgan fingerprint density at radius 1 is 0.968 bits per heavy atom. The van der Waals surface area contributed by atoms with Crippen LogP contribution in [-0.2, 0) is 0 Å². The first kappa shape index (κ1) is 20.0. The van der Waals surface area contributed by atoms with Gasteiger partial charge in [0.05, 0.1) is 17.8 Å². The van der Waals surface area contributed by atoms with E-state index in [9.17, 15) is 0 Å². The van der Waals surface area contributed by atoms with Crippen LogP contribution in [0.1, 0.15) is 28.9 Å². The van der Waals surface area contributed by atoms with Crippen LogP contribution in [0.3, 0.4) is 0 Å². The summed E-state index contributed by atoms with van der Waals surface area (Å²) in [6, 6.07) is 24.8. The summed E-state index contributed by atoms with van der Waals surface area (Å²) in [5.74, 6) is 0. The zero-order valence-corrected chi connectivity index (χ0v) is 19.3. The summed E-state index contributed by atoms with van der Waals surface area (Å²) in [4.78, 5) is 6.84. The highest BCUT2D eigenvalue weighted by molar-refractivity contribution is 9.10. The van der Waals surface area contributed by atoms with Gasteiger partial charge < -0.3 is 14.8 Å². The molecule has 2 atom stereocenters. The second-order valence-electron chi connectivity index (χ2n) is 7.62. The normalized spacial score (nSPS) is 18.3. The molecule has 1 aliphatic heterocycles. The Morgan fingerprint density at radius 3 is 2.52 bits per heavy atom. The molecule has 5 rings (SSSR count). The van der Waals surface area contributed by atoms with Crippen molar-refractivity contribution < 1.29 is 0 Å².